The average molecular weight is 391 g/mol. The number of ketones is 1. The SMILES string of the molecule is CN1CCCC[C@H](n2cc(C(=O)C34CC5CC(CC(C5)C3)C4)c3ccccc32)C1. The Hall–Kier alpha value is -1.61. The Kier molecular flexibility index (Phi) is 4.20. The minimum atomic E-state index is -0.0516. The van der Waals surface area contributed by atoms with Crippen molar-refractivity contribution >= 4 is 16.7 Å². The number of Topliss-reactive ketones (excluding diaryl/α,β-unsaturated/α-hetero) is 1. The van der Waals surface area contributed by atoms with Crippen molar-refractivity contribution < 1.29 is 4.79 Å². The second kappa shape index (κ2) is 6.70. The highest BCUT2D eigenvalue weighted by atomic mass is 16.1. The van der Waals surface area contributed by atoms with Gasteiger partial charge >= 0.3 is 0 Å². The molecule has 5 aliphatic rings. The zero-order valence-electron chi connectivity index (χ0n) is 17.8. The van der Waals surface area contributed by atoms with Crippen LogP contribution in [0.1, 0.15) is 74.2 Å². The van der Waals surface area contributed by atoms with Crippen molar-refractivity contribution in [3.63, 3.8) is 0 Å². The van der Waals surface area contributed by atoms with Gasteiger partial charge in [-0.1, -0.05) is 24.6 Å². The summed E-state index contributed by atoms with van der Waals surface area (Å²) in [6, 6.07) is 9.15. The van der Waals surface area contributed by atoms with Crippen LogP contribution in [-0.2, 0) is 0 Å². The number of rotatable bonds is 3. The fraction of sp³-hybridized carbons (Fsp3) is 0.654. The molecule has 0 unspecified atom stereocenters. The first-order valence-electron chi connectivity index (χ1n) is 11.9. The molecule has 3 heteroatoms. The summed E-state index contributed by atoms with van der Waals surface area (Å²) in [6.07, 6.45) is 13.7. The number of hydrogen-bond donors (Lipinski definition) is 0. The van der Waals surface area contributed by atoms with E-state index in [0.717, 1.165) is 49.1 Å². The molecule has 2 aromatic rings. The van der Waals surface area contributed by atoms with Gasteiger partial charge in [0.25, 0.3) is 0 Å². The molecule has 29 heavy (non-hydrogen) atoms. The number of benzene rings is 1. The van der Waals surface area contributed by atoms with Crippen molar-refractivity contribution in [3.05, 3.63) is 36.0 Å². The summed E-state index contributed by atoms with van der Waals surface area (Å²) in [7, 11) is 2.24. The second-order valence-electron chi connectivity index (χ2n) is 10.9. The van der Waals surface area contributed by atoms with Crippen molar-refractivity contribution in [3.8, 4) is 0 Å². The van der Waals surface area contributed by atoms with Crippen LogP contribution in [0.3, 0.4) is 0 Å². The molecule has 1 aromatic carbocycles. The smallest absolute Gasteiger partial charge is 0.171 e. The first-order chi connectivity index (χ1) is 14.1. The van der Waals surface area contributed by atoms with Crippen LogP contribution in [0.2, 0.25) is 0 Å². The summed E-state index contributed by atoms with van der Waals surface area (Å²) in [5, 5.41) is 1.19. The van der Waals surface area contributed by atoms with Crippen LogP contribution in [0.25, 0.3) is 10.9 Å². The first-order valence-corrected chi connectivity index (χ1v) is 11.9. The Balaban J connectivity index is 1.41. The van der Waals surface area contributed by atoms with Crippen LogP contribution < -0.4 is 0 Å². The van der Waals surface area contributed by atoms with Crippen LogP contribution >= 0.6 is 0 Å². The molecule has 154 valence electrons. The Bertz CT molecular complexity index is 906. The minimum absolute atomic E-state index is 0.0516. The van der Waals surface area contributed by atoms with E-state index in [2.05, 4.69) is 47.0 Å². The first kappa shape index (κ1) is 18.2. The number of nitrogens with zero attached hydrogens (tertiary/aromatic N) is 2. The lowest BCUT2D eigenvalue weighted by Crippen LogP contribution is -2.50. The second-order valence-corrected chi connectivity index (χ2v) is 10.9. The van der Waals surface area contributed by atoms with Crippen LogP contribution in [0.5, 0.6) is 0 Å². The van der Waals surface area contributed by atoms with Gasteiger partial charge in [-0.25, -0.2) is 0 Å². The molecule has 1 atom stereocenters. The minimum Gasteiger partial charge on any atom is -0.342 e. The number of para-hydroxylation sites is 1. The zero-order chi connectivity index (χ0) is 19.6. The molecular formula is C26H34N2O. The van der Waals surface area contributed by atoms with Crippen molar-refractivity contribution in [1.82, 2.24) is 9.47 Å². The van der Waals surface area contributed by atoms with Crippen LogP contribution in [0, 0.1) is 23.2 Å². The highest BCUT2D eigenvalue weighted by molar-refractivity contribution is 6.11. The lowest BCUT2D eigenvalue weighted by Gasteiger charge is -2.55. The van der Waals surface area contributed by atoms with Crippen LogP contribution in [0.15, 0.2) is 30.5 Å². The molecule has 7 rings (SSSR count). The normalized spacial score (nSPS) is 37.1. The summed E-state index contributed by atoms with van der Waals surface area (Å²) in [5.41, 5.74) is 2.24. The molecule has 3 nitrogen and oxygen atoms in total. The maximum Gasteiger partial charge on any atom is 0.171 e. The van der Waals surface area contributed by atoms with E-state index in [-0.39, 0.29) is 5.41 Å². The Labute approximate surface area is 174 Å². The van der Waals surface area contributed by atoms with Gasteiger partial charge in [0.15, 0.2) is 5.78 Å². The summed E-state index contributed by atoms with van der Waals surface area (Å²) < 4.78 is 2.46. The topological polar surface area (TPSA) is 25.2 Å². The van der Waals surface area contributed by atoms with Gasteiger partial charge in [0.2, 0.25) is 0 Å². The molecule has 0 spiro atoms. The molecule has 0 amide bonds. The Morgan fingerprint density at radius 1 is 1.00 bits per heavy atom. The molecule has 0 radical (unpaired) electrons. The number of carbonyl (C=O) groups is 1. The van der Waals surface area contributed by atoms with E-state index in [1.165, 1.54) is 56.0 Å². The fourth-order valence-corrected chi connectivity index (χ4v) is 7.89. The van der Waals surface area contributed by atoms with E-state index in [4.69, 9.17) is 0 Å². The molecule has 5 fully saturated rings. The fourth-order valence-electron chi connectivity index (χ4n) is 7.89. The van der Waals surface area contributed by atoms with E-state index in [9.17, 15) is 4.79 Å². The summed E-state index contributed by atoms with van der Waals surface area (Å²) >= 11 is 0. The maximum atomic E-state index is 14.1. The van der Waals surface area contributed by atoms with Gasteiger partial charge in [0.05, 0.1) is 0 Å². The van der Waals surface area contributed by atoms with Crippen molar-refractivity contribution in [2.24, 2.45) is 23.2 Å². The monoisotopic (exact) mass is 390 g/mol. The van der Waals surface area contributed by atoms with E-state index in [0.29, 0.717) is 11.8 Å². The lowest BCUT2D eigenvalue weighted by atomic mass is 9.48. The summed E-state index contributed by atoms with van der Waals surface area (Å²) in [6.45, 7) is 2.28. The van der Waals surface area contributed by atoms with Crippen molar-refractivity contribution in [2.45, 2.75) is 63.8 Å². The third-order valence-electron chi connectivity index (χ3n) is 8.75. The number of fused-ring (bicyclic) bond motifs is 1. The molecule has 1 saturated heterocycles. The zero-order valence-corrected chi connectivity index (χ0v) is 17.8. The van der Waals surface area contributed by atoms with Gasteiger partial charge in [-0.15, -0.1) is 0 Å². The molecule has 1 aliphatic heterocycles. The van der Waals surface area contributed by atoms with Crippen LogP contribution in [-0.4, -0.2) is 35.4 Å². The number of aromatic nitrogens is 1. The number of carbonyl (C=O) groups excluding carboxylic acids is 1. The third kappa shape index (κ3) is 2.91. The van der Waals surface area contributed by atoms with E-state index < -0.39 is 0 Å². The highest BCUT2D eigenvalue weighted by Gasteiger charge is 2.54. The maximum absolute atomic E-state index is 14.1. The molecule has 0 N–H and O–H groups in total. The van der Waals surface area contributed by atoms with Crippen LogP contribution in [0.4, 0.5) is 0 Å². The van der Waals surface area contributed by atoms with Gasteiger partial charge in [-0.3, -0.25) is 4.79 Å². The third-order valence-corrected chi connectivity index (χ3v) is 8.75. The quantitative estimate of drug-likeness (QED) is 0.628. The van der Waals surface area contributed by atoms with Gasteiger partial charge in [-0.2, -0.15) is 0 Å². The average Bonchev–Trinajstić information content (AvgIpc) is 2.94. The molecule has 4 saturated carbocycles. The Morgan fingerprint density at radius 2 is 1.69 bits per heavy atom. The van der Waals surface area contributed by atoms with Gasteiger partial charge in [0.1, 0.15) is 0 Å². The van der Waals surface area contributed by atoms with Gasteiger partial charge in [0, 0.05) is 40.7 Å². The summed E-state index contributed by atoms with van der Waals surface area (Å²) in [5.74, 6) is 2.92. The van der Waals surface area contributed by atoms with Gasteiger partial charge in [-0.05, 0) is 88.8 Å². The Morgan fingerprint density at radius 3 is 2.41 bits per heavy atom. The van der Waals surface area contributed by atoms with E-state index >= 15 is 0 Å². The van der Waals surface area contributed by atoms with Crippen molar-refractivity contribution in [1.29, 1.82) is 0 Å². The van der Waals surface area contributed by atoms with Crippen molar-refractivity contribution in [2.75, 3.05) is 20.1 Å². The standard InChI is InChI=1S/C26H34N2O/c1-27-9-5-4-6-21(16-27)28-17-23(22-7-2-3-8-24(22)28)25(29)26-13-18-10-19(14-26)12-20(11-18)15-26/h2-3,7-8,17-21H,4-6,9-16H2,1H3/t18?,19?,20?,21-,26?/m0/s1. The molecule has 4 aliphatic carbocycles. The largest absolute Gasteiger partial charge is 0.342 e. The molecule has 2 heterocycles. The number of likely N-dealkylation sites (tertiary alicyclic amines) is 1. The number of likely N-dealkylation sites (N-methyl/N-ethyl adjacent to an activating group) is 1. The predicted octanol–water partition coefficient (Wildman–Crippen LogP) is 5.70. The molecule has 1 aromatic heterocycles. The van der Waals surface area contributed by atoms with E-state index in [1.54, 1.807) is 0 Å². The highest BCUT2D eigenvalue weighted by Crippen LogP contribution is 2.61. The molecular weight excluding hydrogens is 356 g/mol. The van der Waals surface area contributed by atoms with Gasteiger partial charge < -0.3 is 9.47 Å². The lowest BCUT2D eigenvalue weighted by molar-refractivity contribution is -0.0352. The van der Waals surface area contributed by atoms with E-state index in [1.807, 2.05) is 0 Å². The molecule has 4 bridgehead atoms. The number of hydrogen-bond acceptors (Lipinski definition) is 2. The predicted molar refractivity (Wildman–Crippen MR) is 117 cm³/mol. The summed E-state index contributed by atoms with van der Waals surface area (Å²) in [4.78, 5) is 16.6.